The SMILES string of the molecule is C=C(CN1CCc2cc(OC)c(OC)cc2C1c1cccs1)C(=O)O. The van der Waals surface area contributed by atoms with Gasteiger partial charge in [-0.3, -0.25) is 4.90 Å². The van der Waals surface area contributed by atoms with Crippen molar-refractivity contribution in [2.24, 2.45) is 0 Å². The predicted molar refractivity (Wildman–Crippen MR) is 97.8 cm³/mol. The first kappa shape index (κ1) is 17.5. The first-order valence-corrected chi connectivity index (χ1v) is 8.86. The summed E-state index contributed by atoms with van der Waals surface area (Å²) in [6.45, 7) is 4.78. The molecule has 1 unspecified atom stereocenters. The number of nitrogens with zero attached hydrogens (tertiary/aromatic N) is 1. The van der Waals surface area contributed by atoms with Gasteiger partial charge in [0.1, 0.15) is 0 Å². The van der Waals surface area contributed by atoms with Gasteiger partial charge in [0, 0.05) is 23.5 Å². The zero-order valence-electron chi connectivity index (χ0n) is 14.3. The Balaban J connectivity index is 2.06. The van der Waals surface area contributed by atoms with Crippen LogP contribution in [0.4, 0.5) is 0 Å². The number of thiophene rings is 1. The summed E-state index contributed by atoms with van der Waals surface area (Å²) in [7, 11) is 3.25. The second-order valence-corrected chi connectivity index (χ2v) is 6.93. The number of carboxylic acids is 1. The number of aliphatic carboxylic acids is 1. The highest BCUT2D eigenvalue weighted by Gasteiger charge is 2.31. The molecule has 2 aromatic rings. The molecule has 1 aromatic carbocycles. The Labute approximate surface area is 151 Å². The molecule has 0 amide bonds. The van der Waals surface area contributed by atoms with Crippen LogP contribution >= 0.6 is 11.3 Å². The van der Waals surface area contributed by atoms with Gasteiger partial charge in [-0.05, 0) is 41.1 Å². The zero-order valence-corrected chi connectivity index (χ0v) is 15.1. The largest absolute Gasteiger partial charge is 0.493 e. The first-order valence-electron chi connectivity index (χ1n) is 7.98. The Morgan fingerprint density at radius 2 is 2.08 bits per heavy atom. The number of carboxylic acid groups (broad SMARTS) is 1. The lowest BCUT2D eigenvalue weighted by atomic mass is 9.90. The molecule has 5 nitrogen and oxygen atoms in total. The van der Waals surface area contributed by atoms with E-state index in [0.717, 1.165) is 24.3 Å². The molecule has 1 aromatic heterocycles. The molecule has 2 heterocycles. The Kier molecular flexibility index (Phi) is 5.11. The number of fused-ring (bicyclic) bond motifs is 1. The molecule has 1 atom stereocenters. The first-order chi connectivity index (χ1) is 12.0. The maximum absolute atomic E-state index is 11.2. The van der Waals surface area contributed by atoms with Gasteiger partial charge in [-0.1, -0.05) is 12.6 Å². The van der Waals surface area contributed by atoms with E-state index < -0.39 is 5.97 Å². The lowest BCUT2D eigenvalue weighted by Gasteiger charge is -2.37. The molecule has 0 spiro atoms. The van der Waals surface area contributed by atoms with Crippen LogP contribution in [0.2, 0.25) is 0 Å². The molecular formula is C19H21NO4S. The summed E-state index contributed by atoms with van der Waals surface area (Å²) < 4.78 is 10.9. The molecule has 0 aliphatic carbocycles. The number of methoxy groups -OCH3 is 2. The van der Waals surface area contributed by atoms with Gasteiger partial charge in [-0.25, -0.2) is 4.79 Å². The summed E-state index contributed by atoms with van der Waals surface area (Å²) in [5.74, 6) is 0.444. The Morgan fingerprint density at radius 3 is 2.68 bits per heavy atom. The van der Waals surface area contributed by atoms with Crippen LogP contribution in [0.5, 0.6) is 11.5 Å². The van der Waals surface area contributed by atoms with Crippen molar-refractivity contribution in [1.82, 2.24) is 4.90 Å². The summed E-state index contributed by atoms with van der Waals surface area (Å²) in [6.07, 6.45) is 0.824. The summed E-state index contributed by atoms with van der Waals surface area (Å²) >= 11 is 1.66. The molecule has 0 bridgehead atoms. The molecule has 0 saturated carbocycles. The van der Waals surface area contributed by atoms with Crippen LogP contribution in [0.1, 0.15) is 22.0 Å². The maximum atomic E-state index is 11.2. The van der Waals surface area contributed by atoms with Crippen molar-refractivity contribution in [1.29, 1.82) is 0 Å². The molecule has 0 fully saturated rings. The van der Waals surface area contributed by atoms with Crippen molar-refractivity contribution >= 4 is 17.3 Å². The van der Waals surface area contributed by atoms with E-state index in [1.807, 2.05) is 23.6 Å². The van der Waals surface area contributed by atoms with Gasteiger partial charge >= 0.3 is 5.97 Å². The van der Waals surface area contributed by atoms with Crippen LogP contribution in [0.3, 0.4) is 0 Å². The van der Waals surface area contributed by atoms with Crippen LogP contribution in [0, 0.1) is 0 Å². The standard InChI is InChI=1S/C19H21NO4S/c1-12(19(21)22)11-20-7-6-13-9-15(23-2)16(24-3)10-14(13)18(20)17-5-4-8-25-17/h4-5,8-10,18H,1,6-7,11H2,2-3H3,(H,21,22). The van der Waals surface area contributed by atoms with Gasteiger partial charge in [-0.15, -0.1) is 11.3 Å². The van der Waals surface area contributed by atoms with Gasteiger partial charge < -0.3 is 14.6 Å². The number of hydrogen-bond acceptors (Lipinski definition) is 5. The van der Waals surface area contributed by atoms with Gasteiger partial charge in [-0.2, -0.15) is 0 Å². The van der Waals surface area contributed by atoms with Crippen LogP contribution in [-0.2, 0) is 11.2 Å². The summed E-state index contributed by atoms with van der Waals surface area (Å²) in [5, 5.41) is 11.3. The second-order valence-electron chi connectivity index (χ2n) is 5.95. The van der Waals surface area contributed by atoms with Crippen molar-refractivity contribution in [3.63, 3.8) is 0 Å². The zero-order chi connectivity index (χ0) is 18.0. The van der Waals surface area contributed by atoms with E-state index >= 15 is 0 Å². The fourth-order valence-electron chi connectivity index (χ4n) is 3.26. The predicted octanol–water partition coefficient (Wildman–Crippen LogP) is 3.35. The van der Waals surface area contributed by atoms with Crippen LogP contribution in [0.25, 0.3) is 0 Å². The topological polar surface area (TPSA) is 59.0 Å². The van der Waals surface area contributed by atoms with E-state index in [2.05, 4.69) is 17.5 Å². The molecule has 3 rings (SSSR count). The minimum absolute atomic E-state index is 0.0142. The van der Waals surface area contributed by atoms with Gasteiger partial charge in [0.2, 0.25) is 0 Å². The summed E-state index contributed by atoms with van der Waals surface area (Å²) in [5.41, 5.74) is 2.53. The molecule has 0 radical (unpaired) electrons. The molecule has 132 valence electrons. The summed E-state index contributed by atoms with van der Waals surface area (Å²) in [4.78, 5) is 14.6. The number of rotatable bonds is 6. The second kappa shape index (κ2) is 7.29. The number of hydrogen-bond donors (Lipinski definition) is 1. The molecule has 1 aliphatic rings. The van der Waals surface area contributed by atoms with Crippen molar-refractivity contribution in [2.75, 3.05) is 27.3 Å². The molecule has 1 N–H and O–H groups in total. The quantitative estimate of drug-likeness (QED) is 0.802. The van der Waals surface area contributed by atoms with Crippen molar-refractivity contribution in [3.8, 4) is 11.5 Å². The van der Waals surface area contributed by atoms with E-state index in [1.165, 1.54) is 10.4 Å². The highest BCUT2D eigenvalue weighted by Crippen LogP contribution is 2.42. The number of carbonyl (C=O) groups is 1. The van der Waals surface area contributed by atoms with E-state index in [0.29, 0.717) is 12.3 Å². The highest BCUT2D eigenvalue weighted by atomic mass is 32.1. The van der Waals surface area contributed by atoms with Crippen molar-refractivity contribution < 1.29 is 19.4 Å². The molecular weight excluding hydrogens is 338 g/mol. The summed E-state index contributed by atoms with van der Waals surface area (Å²) in [6, 6.07) is 8.11. The fraction of sp³-hybridized carbons (Fsp3) is 0.316. The van der Waals surface area contributed by atoms with Gasteiger partial charge in [0.25, 0.3) is 0 Å². The van der Waals surface area contributed by atoms with Crippen LogP contribution < -0.4 is 9.47 Å². The molecule has 1 aliphatic heterocycles. The average molecular weight is 359 g/mol. The Bertz CT molecular complexity index is 785. The molecule has 0 saturated heterocycles. The molecule has 25 heavy (non-hydrogen) atoms. The van der Waals surface area contributed by atoms with E-state index in [4.69, 9.17) is 9.47 Å². The Hall–Kier alpha value is -2.31. The van der Waals surface area contributed by atoms with E-state index in [1.54, 1.807) is 25.6 Å². The van der Waals surface area contributed by atoms with Gasteiger partial charge in [0.15, 0.2) is 11.5 Å². The monoisotopic (exact) mass is 359 g/mol. The fourth-order valence-corrected chi connectivity index (χ4v) is 4.14. The minimum Gasteiger partial charge on any atom is -0.493 e. The van der Waals surface area contributed by atoms with Crippen molar-refractivity contribution in [3.05, 3.63) is 57.8 Å². The average Bonchev–Trinajstić information content (AvgIpc) is 3.14. The number of benzene rings is 1. The van der Waals surface area contributed by atoms with E-state index in [9.17, 15) is 9.90 Å². The highest BCUT2D eigenvalue weighted by molar-refractivity contribution is 7.10. The maximum Gasteiger partial charge on any atom is 0.332 e. The minimum atomic E-state index is -0.956. The van der Waals surface area contributed by atoms with Crippen LogP contribution in [-0.4, -0.2) is 43.3 Å². The lowest BCUT2D eigenvalue weighted by molar-refractivity contribution is -0.132. The number of ether oxygens (including phenoxy) is 2. The lowest BCUT2D eigenvalue weighted by Crippen LogP contribution is -2.38. The van der Waals surface area contributed by atoms with Crippen LogP contribution in [0.15, 0.2) is 41.8 Å². The van der Waals surface area contributed by atoms with Crippen molar-refractivity contribution in [2.45, 2.75) is 12.5 Å². The Morgan fingerprint density at radius 1 is 1.36 bits per heavy atom. The molecule has 6 heteroatoms. The smallest absolute Gasteiger partial charge is 0.332 e. The normalized spacial score (nSPS) is 17.0. The third-order valence-corrected chi connectivity index (χ3v) is 5.41. The third-order valence-electron chi connectivity index (χ3n) is 4.48. The third kappa shape index (κ3) is 3.41. The van der Waals surface area contributed by atoms with Gasteiger partial charge in [0.05, 0.1) is 20.3 Å². The van der Waals surface area contributed by atoms with E-state index in [-0.39, 0.29) is 11.6 Å².